The van der Waals surface area contributed by atoms with Crippen LogP contribution in [0.1, 0.15) is 53.3 Å². The van der Waals surface area contributed by atoms with E-state index in [1.165, 1.54) is 54.8 Å². The van der Waals surface area contributed by atoms with E-state index in [1.807, 2.05) is 0 Å². The maximum absolute atomic E-state index is 13.2. The van der Waals surface area contributed by atoms with Crippen LogP contribution < -0.4 is 5.73 Å². The Labute approximate surface area is 308 Å². The van der Waals surface area contributed by atoms with Crippen LogP contribution in [0.25, 0.3) is 11.2 Å². The number of nitrogen functional groups attached to an aromatic ring is 1. The number of aliphatic hydroxyl groups excluding tert-OH is 1. The predicted molar refractivity (Wildman–Crippen MR) is 188 cm³/mol. The van der Waals surface area contributed by atoms with E-state index in [-0.39, 0.29) is 33.9 Å². The van der Waals surface area contributed by atoms with Crippen molar-refractivity contribution in [3.8, 4) is 0 Å². The van der Waals surface area contributed by atoms with Gasteiger partial charge in [0.05, 0.1) is 18.5 Å². The van der Waals surface area contributed by atoms with Gasteiger partial charge in [0, 0.05) is 11.1 Å². The molecule has 0 amide bonds. The van der Waals surface area contributed by atoms with E-state index in [0.717, 1.165) is 6.33 Å². The molecule has 2 unspecified atom stereocenters. The lowest BCUT2D eigenvalue weighted by atomic mass is 10.0. The first-order valence-corrected chi connectivity index (χ1v) is 20.6. The molecule has 0 aliphatic carbocycles. The number of nitrogens with two attached hydrogens (primary N) is 1. The molecular formula is C30H39N6O15P3. The SMILES string of the molecule is CCN(CC)CC.Nc1ncnc2c1ncn2[C@@H]1O[C@H](COP(=O)(O)OP(=O)(O)OP(=O)(O)O)[C@@H](OC(=O)c2ccc(C(=O)c3ccccc3)cc2)[C@H]1O. The minimum Gasteiger partial charge on any atom is -0.453 e. The van der Waals surface area contributed by atoms with Gasteiger partial charge in [-0.25, -0.2) is 33.4 Å². The highest BCUT2D eigenvalue weighted by atomic mass is 31.3. The number of aliphatic hydroxyl groups is 1. The first-order valence-electron chi connectivity index (χ1n) is 16.1. The Morgan fingerprint density at radius 3 is 2.02 bits per heavy atom. The number of benzene rings is 2. The molecule has 7 N–H and O–H groups in total. The fourth-order valence-corrected chi connectivity index (χ4v) is 8.16. The van der Waals surface area contributed by atoms with Gasteiger partial charge >= 0.3 is 29.4 Å². The van der Waals surface area contributed by atoms with Gasteiger partial charge in [0.15, 0.2) is 29.6 Å². The second kappa shape index (κ2) is 18.2. The summed E-state index contributed by atoms with van der Waals surface area (Å²) in [7, 11) is -17.1. The molecule has 0 spiro atoms. The van der Waals surface area contributed by atoms with Crippen LogP contribution in [0.5, 0.6) is 0 Å². The first kappa shape index (κ1) is 43.0. The van der Waals surface area contributed by atoms with E-state index in [2.05, 4.69) is 53.8 Å². The Kier molecular flexibility index (Phi) is 14.5. The number of hydrogen-bond donors (Lipinski definition) is 6. The van der Waals surface area contributed by atoms with E-state index in [9.17, 15) is 38.2 Å². The molecule has 0 bridgehead atoms. The molecule has 6 atom stereocenters. The van der Waals surface area contributed by atoms with Gasteiger partial charge in [-0.15, -0.1) is 0 Å². The Morgan fingerprint density at radius 2 is 1.44 bits per heavy atom. The largest absolute Gasteiger partial charge is 0.490 e. The van der Waals surface area contributed by atoms with E-state index in [1.54, 1.807) is 30.3 Å². The van der Waals surface area contributed by atoms with Gasteiger partial charge in [-0.3, -0.25) is 13.9 Å². The summed E-state index contributed by atoms with van der Waals surface area (Å²) in [5.74, 6) is -1.35. The second-order valence-corrected chi connectivity index (χ2v) is 15.7. The van der Waals surface area contributed by atoms with Crippen LogP contribution in [0.2, 0.25) is 0 Å². The Hall–Kier alpha value is -3.78. The monoisotopic (exact) mass is 816 g/mol. The maximum Gasteiger partial charge on any atom is 0.490 e. The van der Waals surface area contributed by atoms with Gasteiger partial charge < -0.3 is 44.8 Å². The Bertz CT molecular complexity index is 2040. The third-order valence-corrected chi connectivity index (χ3v) is 11.6. The highest BCUT2D eigenvalue weighted by Crippen LogP contribution is 2.66. The molecule has 294 valence electrons. The molecule has 5 rings (SSSR count). The second-order valence-electron chi connectivity index (χ2n) is 11.3. The van der Waals surface area contributed by atoms with Crippen LogP contribution in [0.4, 0.5) is 5.82 Å². The molecule has 1 aliphatic rings. The number of phosphoric acid groups is 3. The molecule has 24 heteroatoms. The molecule has 1 saturated heterocycles. The zero-order chi connectivity index (χ0) is 39.8. The van der Waals surface area contributed by atoms with Crippen LogP contribution in [0.15, 0.2) is 67.3 Å². The molecule has 2 aromatic heterocycles. The Balaban J connectivity index is 0.000000845. The van der Waals surface area contributed by atoms with Gasteiger partial charge in [-0.1, -0.05) is 63.2 Å². The van der Waals surface area contributed by atoms with Crippen molar-refractivity contribution in [1.29, 1.82) is 0 Å². The van der Waals surface area contributed by atoms with Crippen molar-refractivity contribution in [2.24, 2.45) is 0 Å². The molecule has 4 aromatic rings. The van der Waals surface area contributed by atoms with Crippen LogP contribution in [0.3, 0.4) is 0 Å². The number of phosphoric ester groups is 1. The highest BCUT2D eigenvalue weighted by Gasteiger charge is 2.49. The molecule has 21 nitrogen and oxygen atoms in total. The third kappa shape index (κ3) is 11.4. The molecule has 2 aromatic carbocycles. The molecule has 0 saturated carbocycles. The third-order valence-electron chi connectivity index (χ3n) is 7.79. The van der Waals surface area contributed by atoms with Crippen molar-refractivity contribution in [3.05, 3.63) is 83.9 Å². The van der Waals surface area contributed by atoms with Gasteiger partial charge in [-0.2, -0.15) is 8.62 Å². The van der Waals surface area contributed by atoms with E-state index in [4.69, 9.17) is 25.0 Å². The van der Waals surface area contributed by atoms with Gasteiger partial charge in [0.1, 0.15) is 24.1 Å². The summed E-state index contributed by atoms with van der Waals surface area (Å²) in [4.78, 5) is 77.0. The van der Waals surface area contributed by atoms with Crippen molar-refractivity contribution in [3.63, 3.8) is 0 Å². The normalized spacial score (nSPS) is 20.8. The predicted octanol–water partition coefficient (Wildman–Crippen LogP) is 2.81. The fourth-order valence-electron chi connectivity index (χ4n) is 5.13. The van der Waals surface area contributed by atoms with Crippen molar-refractivity contribution >= 4 is 52.2 Å². The number of rotatable bonds is 15. The lowest BCUT2D eigenvalue weighted by molar-refractivity contribution is -0.0520. The number of hydrogen-bond acceptors (Lipinski definition) is 16. The zero-order valence-electron chi connectivity index (χ0n) is 29.0. The van der Waals surface area contributed by atoms with Crippen molar-refractivity contribution in [1.82, 2.24) is 24.4 Å². The van der Waals surface area contributed by atoms with Crippen molar-refractivity contribution < 1.29 is 70.6 Å². The number of esters is 1. The number of ether oxygens (including phenoxy) is 2. The van der Waals surface area contributed by atoms with E-state index in [0.29, 0.717) is 5.56 Å². The summed E-state index contributed by atoms with van der Waals surface area (Å²) in [6, 6.07) is 13.7. The van der Waals surface area contributed by atoms with Crippen LogP contribution in [0, 0.1) is 0 Å². The zero-order valence-corrected chi connectivity index (χ0v) is 31.6. The average Bonchev–Trinajstić information content (AvgIpc) is 3.68. The van der Waals surface area contributed by atoms with Gasteiger partial charge in [0.2, 0.25) is 0 Å². The standard InChI is InChI=1S/C24H24N5O15P3.C6H15N/c25-21-17-22(27-11-26-21)29(12-28-17)23-19(31)20(16(41-23)10-40-46(36,37)44-47(38,39)43-45(33,34)35)42-24(32)15-8-6-14(7-9-15)18(30)13-4-2-1-3-5-13;1-4-7(5-2)6-3/h1-9,11-12,16,19-20,23,31H,10H2,(H,36,37)(H,38,39)(H2,25,26,27)(H2,33,34,35);4-6H2,1-3H3/t16-,19-,20-,23-;/m1./s1. The lowest BCUT2D eigenvalue weighted by Gasteiger charge is -2.22. The minimum absolute atomic E-state index is 0.0115. The number of carbonyl (C=O) groups is 2. The van der Waals surface area contributed by atoms with Gasteiger partial charge in [-0.05, 0) is 31.8 Å². The number of ketones is 1. The molecular weight excluding hydrogens is 777 g/mol. The number of carbonyl (C=O) groups excluding carboxylic acids is 2. The van der Waals surface area contributed by atoms with Crippen molar-refractivity contribution in [2.75, 3.05) is 32.0 Å². The summed E-state index contributed by atoms with van der Waals surface area (Å²) in [5, 5.41) is 11.2. The summed E-state index contributed by atoms with van der Waals surface area (Å²) >= 11 is 0. The highest BCUT2D eigenvalue weighted by molar-refractivity contribution is 7.66. The Morgan fingerprint density at radius 1 is 0.852 bits per heavy atom. The molecule has 1 aliphatic heterocycles. The van der Waals surface area contributed by atoms with Gasteiger partial charge in [0.25, 0.3) is 0 Å². The molecule has 54 heavy (non-hydrogen) atoms. The van der Waals surface area contributed by atoms with Crippen LogP contribution in [-0.2, 0) is 36.3 Å². The first-order chi connectivity index (χ1) is 25.4. The minimum atomic E-state index is -5.84. The average molecular weight is 817 g/mol. The summed E-state index contributed by atoms with van der Waals surface area (Å²) in [6.45, 7) is 9.06. The molecule has 1 fully saturated rings. The number of aromatic nitrogens is 4. The number of imidazole rings is 1. The number of anilines is 1. The van der Waals surface area contributed by atoms with Crippen LogP contribution >= 0.6 is 23.5 Å². The smallest absolute Gasteiger partial charge is 0.453 e. The number of fused-ring (bicyclic) bond motifs is 1. The lowest BCUT2D eigenvalue weighted by Crippen LogP contribution is -2.38. The fraction of sp³-hybridized carbons (Fsp3) is 0.367. The topological polar surface area (TPSA) is 306 Å². The van der Waals surface area contributed by atoms with Crippen molar-refractivity contribution in [2.45, 2.75) is 45.3 Å². The quantitative estimate of drug-likeness (QED) is 0.0571. The van der Waals surface area contributed by atoms with Crippen LogP contribution in [-0.4, -0.2) is 105 Å². The molecule has 0 radical (unpaired) electrons. The summed E-state index contributed by atoms with van der Waals surface area (Å²) < 4.78 is 59.5. The summed E-state index contributed by atoms with van der Waals surface area (Å²) in [6.07, 6.45) is -4.15. The summed E-state index contributed by atoms with van der Waals surface area (Å²) in [5.41, 5.74) is 6.64. The number of nitrogens with zero attached hydrogens (tertiary/aromatic N) is 5. The molecule has 3 heterocycles. The van der Waals surface area contributed by atoms with E-state index >= 15 is 0 Å². The van der Waals surface area contributed by atoms with E-state index < -0.39 is 60.6 Å². The maximum atomic E-state index is 13.2.